The molecule has 144 valence electrons. The van der Waals surface area contributed by atoms with E-state index >= 15 is 0 Å². The molecule has 0 saturated carbocycles. The highest BCUT2D eigenvalue weighted by Crippen LogP contribution is 2.21. The normalized spacial score (nSPS) is 11.9. The Kier molecular flexibility index (Phi) is 8.12. The summed E-state index contributed by atoms with van der Waals surface area (Å²) in [5.74, 6) is 0.879. The molecule has 0 aliphatic heterocycles. The number of hydrogen-bond donors (Lipinski definition) is 1. The molecule has 0 aliphatic rings. The number of hydrogen-bond acceptors (Lipinski definition) is 5. The summed E-state index contributed by atoms with van der Waals surface area (Å²) < 4.78 is 5.25. The molecule has 0 unspecified atom stereocenters. The lowest BCUT2D eigenvalue weighted by atomic mass is 10.1. The lowest BCUT2D eigenvalue weighted by Gasteiger charge is -2.25. The van der Waals surface area contributed by atoms with Crippen LogP contribution >= 0.6 is 0 Å². The average molecular weight is 367 g/mol. The van der Waals surface area contributed by atoms with Crippen LogP contribution in [-0.2, 0) is 6.54 Å². The van der Waals surface area contributed by atoms with Crippen LogP contribution in [0.3, 0.4) is 0 Å². The van der Waals surface area contributed by atoms with E-state index in [4.69, 9.17) is 10.00 Å². The van der Waals surface area contributed by atoms with Crippen molar-refractivity contribution in [1.82, 2.24) is 10.2 Å². The van der Waals surface area contributed by atoms with Crippen LogP contribution in [0.5, 0.6) is 5.75 Å². The molecule has 0 radical (unpaired) electrons. The predicted octanol–water partition coefficient (Wildman–Crippen LogP) is 3.44. The van der Waals surface area contributed by atoms with Gasteiger partial charge in [0.2, 0.25) is 0 Å². The Morgan fingerprint density at radius 1 is 1.04 bits per heavy atom. The molecule has 0 aliphatic carbocycles. The van der Waals surface area contributed by atoms with Crippen LogP contribution in [0.1, 0.15) is 23.6 Å². The maximum Gasteiger partial charge on any atom is 0.118 e. The zero-order valence-electron chi connectivity index (χ0n) is 16.8. The highest BCUT2D eigenvalue weighted by atomic mass is 16.5. The van der Waals surface area contributed by atoms with Crippen LogP contribution < -0.4 is 15.0 Å². The fourth-order valence-corrected chi connectivity index (χ4v) is 2.99. The molecule has 5 heteroatoms. The van der Waals surface area contributed by atoms with Crippen LogP contribution in [0.15, 0.2) is 48.5 Å². The van der Waals surface area contributed by atoms with E-state index < -0.39 is 0 Å². The van der Waals surface area contributed by atoms with Crippen molar-refractivity contribution in [3.8, 4) is 11.8 Å². The number of benzene rings is 2. The third kappa shape index (κ3) is 6.28. The number of anilines is 1. The summed E-state index contributed by atoms with van der Waals surface area (Å²) in [7, 11) is 7.90. The number of ether oxygens (including phenoxy) is 1. The van der Waals surface area contributed by atoms with Crippen LogP contribution in [0.25, 0.3) is 0 Å². The van der Waals surface area contributed by atoms with Crippen molar-refractivity contribution < 1.29 is 4.74 Å². The maximum absolute atomic E-state index is 8.70. The topological polar surface area (TPSA) is 51.5 Å². The largest absolute Gasteiger partial charge is 0.497 e. The molecule has 0 fully saturated rings. The second-order valence-corrected chi connectivity index (χ2v) is 6.88. The van der Waals surface area contributed by atoms with Gasteiger partial charge in [0, 0.05) is 38.4 Å². The molecule has 2 rings (SSSR count). The molecule has 2 aromatic rings. The molecule has 1 N–H and O–H groups in total. The molecule has 2 aromatic carbocycles. The van der Waals surface area contributed by atoms with E-state index in [0.717, 1.165) is 31.1 Å². The first kappa shape index (κ1) is 20.8. The Hall–Kier alpha value is -2.55. The van der Waals surface area contributed by atoms with Crippen molar-refractivity contribution in [2.75, 3.05) is 46.2 Å². The van der Waals surface area contributed by atoms with Gasteiger partial charge in [-0.15, -0.1) is 0 Å². The van der Waals surface area contributed by atoms with Crippen LogP contribution in [0.4, 0.5) is 5.69 Å². The summed E-state index contributed by atoms with van der Waals surface area (Å²) in [4.78, 5) is 4.33. The molecule has 27 heavy (non-hydrogen) atoms. The second-order valence-electron chi connectivity index (χ2n) is 6.88. The van der Waals surface area contributed by atoms with Gasteiger partial charge in [-0.1, -0.05) is 24.3 Å². The Morgan fingerprint density at radius 2 is 1.70 bits per heavy atom. The lowest BCUT2D eigenvalue weighted by Crippen LogP contribution is -2.30. The van der Waals surface area contributed by atoms with Crippen molar-refractivity contribution in [3.63, 3.8) is 0 Å². The summed E-state index contributed by atoms with van der Waals surface area (Å²) in [5, 5.41) is 12.3. The SMILES string of the molecule is COc1ccc([C@H](CNCc2ccc(N(C)CCC#N)cc2)N(C)C)cc1. The molecule has 5 nitrogen and oxygen atoms in total. The fourth-order valence-electron chi connectivity index (χ4n) is 2.99. The van der Waals surface area contributed by atoms with Crippen molar-refractivity contribution in [3.05, 3.63) is 59.7 Å². The van der Waals surface area contributed by atoms with Gasteiger partial charge in [-0.2, -0.15) is 5.26 Å². The van der Waals surface area contributed by atoms with E-state index in [9.17, 15) is 0 Å². The molecule has 0 heterocycles. The van der Waals surface area contributed by atoms with E-state index in [-0.39, 0.29) is 0 Å². The molecule has 0 saturated heterocycles. The highest BCUT2D eigenvalue weighted by Gasteiger charge is 2.13. The number of nitrogens with one attached hydrogen (secondary N) is 1. The van der Waals surface area contributed by atoms with Gasteiger partial charge in [0.05, 0.1) is 19.6 Å². The van der Waals surface area contributed by atoms with E-state index in [1.165, 1.54) is 11.1 Å². The van der Waals surface area contributed by atoms with Gasteiger partial charge < -0.3 is 19.9 Å². The molecule has 0 bridgehead atoms. The van der Waals surface area contributed by atoms with Crippen molar-refractivity contribution in [2.45, 2.75) is 19.0 Å². The van der Waals surface area contributed by atoms with Gasteiger partial charge in [-0.05, 0) is 49.5 Å². The van der Waals surface area contributed by atoms with E-state index in [2.05, 4.69) is 71.7 Å². The monoisotopic (exact) mass is 366 g/mol. The number of likely N-dealkylation sites (N-methyl/N-ethyl adjacent to an activating group) is 1. The van der Waals surface area contributed by atoms with Crippen LogP contribution in [0.2, 0.25) is 0 Å². The molecule has 0 spiro atoms. The van der Waals surface area contributed by atoms with Gasteiger partial charge in [0.15, 0.2) is 0 Å². The third-order valence-corrected chi connectivity index (χ3v) is 4.73. The zero-order chi connectivity index (χ0) is 19.6. The molecule has 1 atom stereocenters. The average Bonchev–Trinajstić information content (AvgIpc) is 2.69. The first-order chi connectivity index (χ1) is 13.0. The van der Waals surface area contributed by atoms with Crippen molar-refractivity contribution in [1.29, 1.82) is 5.26 Å². The van der Waals surface area contributed by atoms with E-state index in [0.29, 0.717) is 12.5 Å². The molecule has 0 amide bonds. The maximum atomic E-state index is 8.70. The van der Waals surface area contributed by atoms with Crippen LogP contribution in [0, 0.1) is 11.3 Å². The first-order valence-corrected chi connectivity index (χ1v) is 9.23. The smallest absolute Gasteiger partial charge is 0.118 e. The summed E-state index contributed by atoms with van der Waals surface area (Å²) in [6.07, 6.45) is 0.539. The Labute approximate surface area is 163 Å². The van der Waals surface area contributed by atoms with Crippen molar-refractivity contribution >= 4 is 5.69 Å². The summed E-state index contributed by atoms with van der Waals surface area (Å²) in [6.45, 7) is 2.44. The van der Waals surface area contributed by atoms with Crippen LogP contribution in [-0.4, -0.2) is 46.2 Å². The number of nitrogens with zero attached hydrogens (tertiary/aromatic N) is 3. The number of rotatable bonds is 10. The number of nitriles is 1. The minimum atomic E-state index is 0.298. The fraction of sp³-hybridized carbons (Fsp3) is 0.409. The summed E-state index contributed by atoms with van der Waals surface area (Å²) >= 11 is 0. The highest BCUT2D eigenvalue weighted by molar-refractivity contribution is 5.46. The Morgan fingerprint density at radius 3 is 2.26 bits per heavy atom. The lowest BCUT2D eigenvalue weighted by molar-refractivity contribution is 0.288. The van der Waals surface area contributed by atoms with Gasteiger partial charge in [-0.3, -0.25) is 0 Å². The zero-order valence-corrected chi connectivity index (χ0v) is 16.8. The van der Waals surface area contributed by atoms with Gasteiger partial charge >= 0.3 is 0 Å². The standard InChI is InChI=1S/C22H30N4O/c1-25(2)22(19-8-12-21(27-4)13-9-19)17-24-16-18-6-10-20(11-7-18)26(3)15-5-14-23/h6-13,22,24H,5,15-17H2,1-4H3/t22-/m0/s1. The summed E-state index contributed by atoms with van der Waals surface area (Å²) in [5.41, 5.74) is 3.65. The van der Waals surface area contributed by atoms with Gasteiger partial charge in [0.1, 0.15) is 5.75 Å². The molecular formula is C22H30N4O. The minimum Gasteiger partial charge on any atom is -0.497 e. The molecular weight excluding hydrogens is 336 g/mol. The quantitative estimate of drug-likeness (QED) is 0.698. The Bertz CT molecular complexity index is 719. The Balaban J connectivity index is 1.90. The van der Waals surface area contributed by atoms with E-state index in [1.807, 2.05) is 19.2 Å². The predicted molar refractivity (Wildman–Crippen MR) is 111 cm³/mol. The minimum absolute atomic E-state index is 0.298. The third-order valence-electron chi connectivity index (χ3n) is 4.73. The summed E-state index contributed by atoms with van der Waals surface area (Å²) in [6, 6.07) is 19.3. The van der Waals surface area contributed by atoms with E-state index in [1.54, 1.807) is 7.11 Å². The van der Waals surface area contributed by atoms with Crippen molar-refractivity contribution in [2.24, 2.45) is 0 Å². The van der Waals surface area contributed by atoms with Gasteiger partial charge in [0.25, 0.3) is 0 Å². The number of methoxy groups -OCH3 is 1. The molecule has 0 aromatic heterocycles. The van der Waals surface area contributed by atoms with Gasteiger partial charge in [-0.25, -0.2) is 0 Å². The second kappa shape index (κ2) is 10.6. The first-order valence-electron chi connectivity index (χ1n) is 9.23.